The molecule has 5 nitrogen and oxygen atoms in total. The lowest BCUT2D eigenvalue weighted by molar-refractivity contribution is -0.136. The van der Waals surface area contributed by atoms with Crippen LogP contribution in [-0.4, -0.2) is 18.0 Å². The molecule has 0 fully saturated rings. The second-order valence-corrected chi connectivity index (χ2v) is 5.59. The highest BCUT2D eigenvalue weighted by molar-refractivity contribution is 6.43. The molecular formula is C17H15Cl2N3O2. The average Bonchev–Trinajstić information content (AvgIpc) is 2.59. The van der Waals surface area contributed by atoms with Crippen molar-refractivity contribution in [2.24, 2.45) is 5.10 Å². The number of anilines is 1. The zero-order valence-corrected chi connectivity index (χ0v) is 14.4. The molecule has 0 spiro atoms. The molecule has 0 saturated heterocycles. The number of carbonyl (C=O) groups is 2. The van der Waals surface area contributed by atoms with Gasteiger partial charge in [-0.05, 0) is 24.1 Å². The van der Waals surface area contributed by atoms with Gasteiger partial charge in [0, 0.05) is 11.3 Å². The summed E-state index contributed by atoms with van der Waals surface area (Å²) >= 11 is 11.9. The number of para-hydroxylation sites is 1. The van der Waals surface area contributed by atoms with E-state index in [0.29, 0.717) is 21.3 Å². The van der Waals surface area contributed by atoms with Gasteiger partial charge in [-0.2, -0.15) is 5.10 Å². The number of nitrogens with zero attached hydrogens (tertiary/aromatic N) is 1. The van der Waals surface area contributed by atoms with Gasteiger partial charge >= 0.3 is 11.8 Å². The topological polar surface area (TPSA) is 70.6 Å². The Kier molecular flexibility index (Phi) is 6.35. The van der Waals surface area contributed by atoms with E-state index in [1.165, 1.54) is 6.21 Å². The van der Waals surface area contributed by atoms with Gasteiger partial charge in [-0.25, -0.2) is 5.43 Å². The fraction of sp³-hybridized carbons (Fsp3) is 0.118. The van der Waals surface area contributed by atoms with Gasteiger partial charge in [0.15, 0.2) is 0 Å². The molecule has 24 heavy (non-hydrogen) atoms. The van der Waals surface area contributed by atoms with Crippen LogP contribution in [0.5, 0.6) is 0 Å². The second kappa shape index (κ2) is 8.47. The number of carbonyl (C=O) groups excluding carboxylic acids is 2. The largest absolute Gasteiger partial charge is 0.329 e. The van der Waals surface area contributed by atoms with Gasteiger partial charge in [-0.15, -0.1) is 0 Å². The number of rotatable bonds is 4. The molecule has 2 rings (SSSR count). The van der Waals surface area contributed by atoms with Gasteiger partial charge in [0.2, 0.25) is 0 Å². The van der Waals surface area contributed by atoms with Gasteiger partial charge in [-0.3, -0.25) is 9.59 Å². The Morgan fingerprint density at radius 2 is 1.83 bits per heavy atom. The number of benzene rings is 2. The highest BCUT2D eigenvalue weighted by atomic mass is 35.5. The highest BCUT2D eigenvalue weighted by Gasteiger charge is 2.14. The molecule has 2 amide bonds. The van der Waals surface area contributed by atoms with Crippen LogP contribution in [0.4, 0.5) is 5.69 Å². The number of nitrogens with one attached hydrogen (secondary N) is 2. The van der Waals surface area contributed by atoms with Crippen LogP contribution in [-0.2, 0) is 16.0 Å². The lowest BCUT2D eigenvalue weighted by Gasteiger charge is -2.08. The number of amides is 2. The third-order valence-electron chi connectivity index (χ3n) is 3.20. The predicted molar refractivity (Wildman–Crippen MR) is 96.6 cm³/mol. The molecule has 0 heterocycles. The fourth-order valence-corrected chi connectivity index (χ4v) is 2.32. The number of hydrogen-bond acceptors (Lipinski definition) is 3. The van der Waals surface area contributed by atoms with E-state index in [1.54, 1.807) is 30.3 Å². The normalized spacial score (nSPS) is 10.6. The van der Waals surface area contributed by atoms with Crippen molar-refractivity contribution in [2.45, 2.75) is 13.3 Å². The molecule has 0 atom stereocenters. The van der Waals surface area contributed by atoms with E-state index in [0.717, 1.165) is 12.0 Å². The van der Waals surface area contributed by atoms with E-state index in [4.69, 9.17) is 23.2 Å². The van der Waals surface area contributed by atoms with Crippen molar-refractivity contribution in [3.63, 3.8) is 0 Å². The second-order valence-electron chi connectivity index (χ2n) is 4.81. The summed E-state index contributed by atoms with van der Waals surface area (Å²) in [5.74, 6) is -1.68. The fourth-order valence-electron chi connectivity index (χ4n) is 1.96. The van der Waals surface area contributed by atoms with Gasteiger partial charge < -0.3 is 5.32 Å². The van der Waals surface area contributed by atoms with Gasteiger partial charge in [0.25, 0.3) is 0 Å². The molecule has 0 aromatic heterocycles. The smallest absolute Gasteiger partial charge is 0.317 e. The summed E-state index contributed by atoms with van der Waals surface area (Å²) < 4.78 is 0. The highest BCUT2D eigenvalue weighted by Crippen LogP contribution is 2.24. The lowest BCUT2D eigenvalue weighted by atomic mass is 10.1. The van der Waals surface area contributed by atoms with Gasteiger partial charge in [0.1, 0.15) is 0 Å². The minimum atomic E-state index is -0.879. The Labute approximate surface area is 149 Å². The maximum atomic E-state index is 11.9. The molecule has 2 N–H and O–H groups in total. The maximum Gasteiger partial charge on any atom is 0.329 e. The lowest BCUT2D eigenvalue weighted by Crippen LogP contribution is -2.32. The Balaban J connectivity index is 1.98. The van der Waals surface area contributed by atoms with Crippen LogP contribution in [0.2, 0.25) is 10.0 Å². The molecule has 0 aliphatic carbocycles. The molecule has 0 aliphatic heterocycles. The summed E-state index contributed by atoms with van der Waals surface area (Å²) in [5.41, 5.74) is 4.22. The van der Waals surface area contributed by atoms with E-state index in [1.807, 2.05) is 19.1 Å². The molecule has 2 aromatic carbocycles. The van der Waals surface area contributed by atoms with Crippen molar-refractivity contribution in [1.82, 2.24) is 5.43 Å². The Hall–Kier alpha value is -2.37. The standard InChI is InChI=1S/C17H15Cl2N3O2/c1-2-11-6-3-4-9-14(11)21-16(23)17(24)22-20-10-12-7-5-8-13(18)15(12)19/h3-10H,2H2,1H3,(H,21,23)(H,22,24)/b20-10+. The van der Waals surface area contributed by atoms with Crippen molar-refractivity contribution in [2.75, 3.05) is 5.32 Å². The molecule has 0 aliphatic rings. The first-order chi connectivity index (χ1) is 11.5. The van der Waals surface area contributed by atoms with Gasteiger partial charge in [-0.1, -0.05) is 60.5 Å². The molecule has 0 saturated carbocycles. The van der Waals surface area contributed by atoms with Crippen molar-refractivity contribution in [3.05, 3.63) is 63.6 Å². The van der Waals surface area contributed by atoms with Crippen molar-refractivity contribution < 1.29 is 9.59 Å². The molecule has 0 bridgehead atoms. The number of halogens is 2. The first kappa shape index (κ1) is 18.0. The first-order valence-corrected chi connectivity index (χ1v) is 7.94. The Morgan fingerprint density at radius 1 is 1.08 bits per heavy atom. The molecule has 2 aromatic rings. The van der Waals surface area contributed by atoms with Gasteiger partial charge in [0.05, 0.1) is 16.3 Å². The number of hydrogen-bond donors (Lipinski definition) is 2. The Bertz CT molecular complexity index is 791. The summed E-state index contributed by atoms with van der Waals surface area (Å²) in [6.07, 6.45) is 2.06. The molecular weight excluding hydrogens is 349 g/mol. The average molecular weight is 364 g/mol. The minimum absolute atomic E-state index is 0.318. The molecule has 0 radical (unpaired) electrons. The van der Waals surface area contributed by atoms with Crippen LogP contribution in [0.15, 0.2) is 47.6 Å². The SMILES string of the molecule is CCc1ccccc1NC(=O)C(=O)N/N=C/c1cccc(Cl)c1Cl. The zero-order valence-electron chi connectivity index (χ0n) is 12.8. The van der Waals surface area contributed by atoms with Crippen molar-refractivity contribution in [1.29, 1.82) is 0 Å². The van der Waals surface area contributed by atoms with Crippen LogP contribution in [0.25, 0.3) is 0 Å². The van der Waals surface area contributed by atoms with E-state index < -0.39 is 11.8 Å². The van der Waals surface area contributed by atoms with Crippen molar-refractivity contribution in [3.8, 4) is 0 Å². The van der Waals surface area contributed by atoms with E-state index >= 15 is 0 Å². The quantitative estimate of drug-likeness (QED) is 0.494. The first-order valence-electron chi connectivity index (χ1n) is 7.19. The zero-order chi connectivity index (χ0) is 17.5. The summed E-state index contributed by atoms with van der Waals surface area (Å²) in [6, 6.07) is 12.3. The predicted octanol–water partition coefficient (Wildman–Crippen LogP) is 3.64. The van der Waals surface area contributed by atoms with Crippen LogP contribution in [0.3, 0.4) is 0 Å². The van der Waals surface area contributed by atoms with Crippen molar-refractivity contribution >= 4 is 46.9 Å². The third-order valence-corrected chi connectivity index (χ3v) is 4.04. The van der Waals surface area contributed by atoms with Crippen LogP contribution >= 0.6 is 23.2 Å². The monoisotopic (exact) mass is 363 g/mol. The number of hydrazone groups is 1. The molecule has 7 heteroatoms. The Morgan fingerprint density at radius 3 is 2.58 bits per heavy atom. The van der Waals surface area contributed by atoms with Crippen LogP contribution < -0.4 is 10.7 Å². The maximum absolute atomic E-state index is 11.9. The summed E-state index contributed by atoms with van der Waals surface area (Å²) in [5, 5.41) is 6.97. The molecule has 124 valence electrons. The summed E-state index contributed by atoms with van der Waals surface area (Å²) in [7, 11) is 0. The summed E-state index contributed by atoms with van der Waals surface area (Å²) in [6.45, 7) is 1.96. The number of aryl methyl sites for hydroxylation is 1. The van der Waals surface area contributed by atoms with E-state index in [-0.39, 0.29) is 0 Å². The van der Waals surface area contributed by atoms with Crippen LogP contribution in [0.1, 0.15) is 18.1 Å². The third kappa shape index (κ3) is 4.57. The minimum Gasteiger partial charge on any atom is -0.317 e. The summed E-state index contributed by atoms with van der Waals surface area (Å²) in [4.78, 5) is 23.7. The van der Waals surface area contributed by atoms with Crippen LogP contribution in [0, 0.1) is 0 Å². The molecule has 0 unspecified atom stereocenters. The van der Waals surface area contributed by atoms with E-state index in [9.17, 15) is 9.59 Å². The van der Waals surface area contributed by atoms with E-state index in [2.05, 4.69) is 15.8 Å².